The molecule has 31 heavy (non-hydrogen) atoms. The Labute approximate surface area is 181 Å². The lowest BCUT2D eigenvalue weighted by Gasteiger charge is -2.41. The Morgan fingerprint density at radius 1 is 1.23 bits per heavy atom. The molecule has 1 amide bonds. The molecule has 0 aliphatic heterocycles. The Balaban J connectivity index is 1.38. The van der Waals surface area contributed by atoms with Gasteiger partial charge < -0.3 is 10.1 Å². The molecule has 3 aromatic rings. The van der Waals surface area contributed by atoms with Crippen LogP contribution in [0, 0.1) is 5.82 Å². The molecule has 0 unspecified atom stereocenters. The third-order valence-electron chi connectivity index (χ3n) is 5.20. The van der Waals surface area contributed by atoms with E-state index in [1.165, 1.54) is 24.6 Å². The molecule has 2 N–H and O–H groups in total. The van der Waals surface area contributed by atoms with Crippen LogP contribution in [0.1, 0.15) is 45.9 Å². The quantitative estimate of drug-likeness (QED) is 0.536. The summed E-state index contributed by atoms with van der Waals surface area (Å²) < 4.78 is 18.8. The molecule has 0 bridgehead atoms. The fraction of sp³-hybridized carbons (Fsp3) is 0.300. The molecule has 3 aromatic heterocycles. The van der Waals surface area contributed by atoms with Gasteiger partial charge in [-0.3, -0.25) is 15.1 Å². The first-order valence-electron chi connectivity index (χ1n) is 9.54. The fourth-order valence-electron chi connectivity index (χ4n) is 3.37. The fourth-order valence-corrected chi connectivity index (χ4v) is 4.05. The van der Waals surface area contributed by atoms with Crippen LogP contribution in [0.3, 0.4) is 0 Å². The van der Waals surface area contributed by atoms with E-state index in [-0.39, 0.29) is 27.8 Å². The molecule has 9 nitrogen and oxygen atoms in total. The zero-order chi connectivity index (χ0) is 21.8. The largest absolute Gasteiger partial charge is 0.464 e. The topological polar surface area (TPSA) is 119 Å². The minimum absolute atomic E-state index is 0.0921. The molecule has 0 aromatic carbocycles. The van der Waals surface area contributed by atoms with Crippen LogP contribution in [0.15, 0.2) is 35.8 Å². The Bertz CT molecular complexity index is 1100. The monoisotopic (exact) mass is 442 g/mol. The van der Waals surface area contributed by atoms with E-state index in [1.54, 1.807) is 18.3 Å². The maximum absolute atomic E-state index is 14.2. The highest BCUT2D eigenvalue weighted by Gasteiger charge is 2.41. The molecule has 3 heterocycles. The van der Waals surface area contributed by atoms with Gasteiger partial charge in [-0.2, -0.15) is 0 Å². The van der Waals surface area contributed by atoms with Crippen LogP contribution in [0.5, 0.6) is 0 Å². The van der Waals surface area contributed by atoms with Gasteiger partial charge in [-0.25, -0.2) is 14.2 Å². The molecular weight excluding hydrogens is 423 g/mol. The van der Waals surface area contributed by atoms with Crippen LogP contribution >= 0.6 is 11.3 Å². The van der Waals surface area contributed by atoms with Crippen molar-refractivity contribution in [2.75, 3.05) is 24.3 Å². The van der Waals surface area contributed by atoms with E-state index in [1.807, 2.05) is 0 Å². The van der Waals surface area contributed by atoms with Gasteiger partial charge in [-0.1, -0.05) is 6.42 Å². The van der Waals surface area contributed by atoms with Gasteiger partial charge in [0, 0.05) is 23.5 Å². The van der Waals surface area contributed by atoms with E-state index in [2.05, 4.69) is 35.5 Å². The molecule has 0 atom stereocenters. The molecule has 4 rings (SSSR count). The molecule has 1 saturated carbocycles. The Hall–Kier alpha value is -3.47. The molecule has 11 heteroatoms. The van der Waals surface area contributed by atoms with Gasteiger partial charge in [-0.15, -0.1) is 21.5 Å². The maximum atomic E-state index is 14.2. The lowest BCUT2D eigenvalue weighted by Crippen LogP contribution is -2.42. The highest BCUT2D eigenvalue weighted by molar-refractivity contribution is 7.14. The summed E-state index contributed by atoms with van der Waals surface area (Å²) in [6.07, 6.45) is 4.28. The summed E-state index contributed by atoms with van der Waals surface area (Å²) in [4.78, 5) is 32.0. The summed E-state index contributed by atoms with van der Waals surface area (Å²) in [5.41, 5.74) is 0.301. The number of carbonyl (C=O) groups excluding carboxylic acids is 2. The van der Waals surface area contributed by atoms with E-state index < -0.39 is 11.9 Å². The van der Waals surface area contributed by atoms with E-state index in [0.29, 0.717) is 18.1 Å². The SMILES string of the molecule is COC(=O)c1csc(NC(=O)c2ccc(NCC3(c4ncccc4F)CCC3)nn2)n1. The van der Waals surface area contributed by atoms with E-state index in [0.717, 1.165) is 30.6 Å². The van der Waals surface area contributed by atoms with Gasteiger partial charge in [0.05, 0.1) is 12.8 Å². The number of nitrogens with one attached hydrogen (secondary N) is 2. The van der Waals surface area contributed by atoms with Gasteiger partial charge in [0.25, 0.3) is 5.91 Å². The summed E-state index contributed by atoms with van der Waals surface area (Å²) in [5.74, 6) is -0.918. The van der Waals surface area contributed by atoms with Crippen molar-refractivity contribution in [2.24, 2.45) is 0 Å². The molecule has 1 fully saturated rings. The van der Waals surface area contributed by atoms with E-state index >= 15 is 0 Å². The second-order valence-electron chi connectivity index (χ2n) is 7.11. The van der Waals surface area contributed by atoms with E-state index in [9.17, 15) is 14.0 Å². The number of nitrogens with zero attached hydrogens (tertiary/aromatic N) is 4. The predicted octanol–water partition coefficient (Wildman–Crippen LogP) is 3.04. The summed E-state index contributed by atoms with van der Waals surface area (Å²) in [6, 6.07) is 6.15. The number of halogens is 1. The number of esters is 1. The van der Waals surface area contributed by atoms with Crippen molar-refractivity contribution < 1.29 is 18.7 Å². The maximum Gasteiger partial charge on any atom is 0.357 e. The molecule has 0 spiro atoms. The summed E-state index contributed by atoms with van der Waals surface area (Å²) in [7, 11) is 1.25. The highest BCUT2D eigenvalue weighted by atomic mass is 32.1. The first-order chi connectivity index (χ1) is 15.0. The third-order valence-corrected chi connectivity index (χ3v) is 5.95. The Morgan fingerprint density at radius 2 is 2.06 bits per heavy atom. The van der Waals surface area contributed by atoms with Crippen molar-refractivity contribution in [1.29, 1.82) is 0 Å². The molecule has 1 aliphatic rings. The molecule has 0 saturated heterocycles. The minimum atomic E-state index is -0.582. The lowest BCUT2D eigenvalue weighted by molar-refractivity contribution is 0.0594. The minimum Gasteiger partial charge on any atom is -0.464 e. The third kappa shape index (κ3) is 4.36. The number of carbonyl (C=O) groups is 2. The molecule has 160 valence electrons. The van der Waals surface area contributed by atoms with Gasteiger partial charge in [-0.05, 0) is 37.1 Å². The van der Waals surface area contributed by atoms with Crippen molar-refractivity contribution in [3.8, 4) is 0 Å². The second-order valence-corrected chi connectivity index (χ2v) is 7.97. The lowest BCUT2D eigenvalue weighted by atomic mass is 9.66. The van der Waals surface area contributed by atoms with Crippen molar-refractivity contribution >= 4 is 34.2 Å². The van der Waals surface area contributed by atoms with Crippen LogP contribution < -0.4 is 10.6 Å². The van der Waals surface area contributed by atoms with Crippen LogP contribution in [0.25, 0.3) is 0 Å². The van der Waals surface area contributed by atoms with Crippen LogP contribution in [-0.2, 0) is 10.2 Å². The number of thiazole rings is 1. The smallest absolute Gasteiger partial charge is 0.357 e. The second kappa shape index (κ2) is 8.72. The summed E-state index contributed by atoms with van der Waals surface area (Å²) in [5, 5.41) is 15.5. The first kappa shape index (κ1) is 20.8. The number of aromatic nitrogens is 4. The standard InChI is InChI=1S/C20H19FN6O3S/c1-30-18(29)14-10-31-19(24-14)25-17(28)13-5-6-15(27-26-13)23-11-20(7-3-8-20)16-12(21)4-2-9-22-16/h2,4-6,9-10H,3,7-8,11H2,1H3,(H,23,27)(H,24,25,28). The number of hydrogen-bond donors (Lipinski definition) is 2. The zero-order valence-electron chi connectivity index (χ0n) is 16.6. The molecule has 1 aliphatic carbocycles. The zero-order valence-corrected chi connectivity index (χ0v) is 17.4. The first-order valence-corrected chi connectivity index (χ1v) is 10.4. The number of pyridine rings is 1. The van der Waals surface area contributed by atoms with Crippen molar-refractivity contribution in [1.82, 2.24) is 20.2 Å². The van der Waals surface area contributed by atoms with Crippen molar-refractivity contribution in [2.45, 2.75) is 24.7 Å². The average Bonchev–Trinajstić information content (AvgIpc) is 3.22. The Morgan fingerprint density at radius 3 is 2.71 bits per heavy atom. The highest BCUT2D eigenvalue weighted by Crippen LogP contribution is 2.43. The number of anilines is 2. The van der Waals surface area contributed by atoms with Gasteiger partial charge in [0.2, 0.25) is 0 Å². The van der Waals surface area contributed by atoms with Crippen LogP contribution in [0.4, 0.5) is 15.3 Å². The number of amides is 1. The number of hydrogen-bond acceptors (Lipinski definition) is 9. The average molecular weight is 442 g/mol. The summed E-state index contributed by atoms with van der Waals surface area (Å²) in [6.45, 7) is 0.469. The predicted molar refractivity (Wildman–Crippen MR) is 112 cm³/mol. The van der Waals surface area contributed by atoms with Gasteiger partial charge in [0.1, 0.15) is 11.6 Å². The number of ether oxygens (including phenoxy) is 1. The van der Waals surface area contributed by atoms with Crippen LogP contribution in [-0.4, -0.2) is 45.7 Å². The molecule has 0 radical (unpaired) electrons. The van der Waals surface area contributed by atoms with Gasteiger partial charge in [0.15, 0.2) is 16.5 Å². The van der Waals surface area contributed by atoms with Crippen molar-refractivity contribution in [3.63, 3.8) is 0 Å². The van der Waals surface area contributed by atoms with E-state index in [4.69, 9.17) is 0 Å². The summed E-state index contributed by atoms with van der Waals surface area (Å²) >= 11 is 1.10. The normalized spacial score (nSPS) is 14.4. The van der Waals surface area contributed by atoms with Gasteiger partial charge >= 0.3 is 5.97 Å². The van der Waals surface area contributed by atoms with Crippen LogP contribution in [0.2, 0.25) is 0 Å². The number of rotatable bonds is 7. The Kier molecular flexibility index (Phi) is 5.85. The van der Waals surface area contributed by atoms with Crippen molar-refractivity contribution in [3.05, 3.63) is 58.7 Å². The number of methoxy groups -OCH3 is 1. The molecular formula is C20H19FN6O3S.